The number of hydrogen-bond acceptors (Lipinski definition) is 1. The monoisotopic (exact) mass is 124 g/mol. The third-order valence-electron chi connectivity index (χ3n) is 0.560. The Bertz CT molecular complexity index is 57.9. The first-order valence-electron chi connectivity index (χ1n) is 2.52. The lowest BCUT2D eigenvalue weighted by atomic mass is 10.4. The van der Waals surface area contributed by atoms with Crippen LogP contribution in [-0.2, 0) is 4.74 Å². The molecular formula is C5H10F2O. The molecule has 0 amide bonds. The summed E-state index contributed by atoms with van der Waals surface area (Å²) < 4.78 is 28.0. The van der Waals surface area contributed by atoms with Crippen LogP contribution >= 0.6 is 0 Å². The van der Waals surface area contributed by atoms with Crippen molar-refractivity contribution in [2.24, 2.45) is 0 Å². The third kappa shape index (κ3) is 5.82. The maximum Gasteiger partial charge on any atom is 0.268 e. The Morgan fingerprint density at radius 3 is 2.12 bits per heavy atom. The van der Waals surface area contributed by atoms with Crippen molar-refractivity contribution in [2.45, 2.75) is 19.8 Å². The zero-order valence-electron chi connectivity index (χ0n) is 5.08. The summed E-state index contributed by atoms with van der Waals surface area (Å²) in [5.74, 6) is -2.67. The molecule has 0 aliphatic rings. The van der Waals surface area contributed by atoms with Crippen molar-refractivity contribution in [3.8, 4) is 0 Å². The molecule has 0 bridgehead atoms. The zero-order valence-corrected chi connectivity index (χ0v) is 5.08. The fourth-order valence-corrected chi connectivity index (χ4v) is 0.281. The smallest absolute Gasteiger partial charge is 0.268 e. The summed E-state index contributed by atoms with van der Waals surface area (Å²) >= 11 is 0. The van der Waals surface area contributed by atoms with E-state index in [0.717, 1.165) is 6.92 Å². The number of rotatable bonds is 3. The first-order chi connectivity index (χ1) is 3.56. The predicted molar refractivity (Wildman–Crippen MR) is 27.1 cm³/mol. The minimum atomic E-state index is -2.67. The van der Waals surface area contributed by atoms with Crippen LogP contribution < -0.4 is 0 Å². The highest BCUT2D eigenvalue weighted by Crippen LogP contribution is 2.10. The van der Waals surface area contributed by atoms with Gasteiger partial charge in [0.1, 0.15) is 6.61 Å². The predicted octanol–water partition coefficient (Wildman–Crippen LogP) is 1.68. The van der Waals surface area contributed by atoms with Gasteiger partial charge in [-0.1, -0.05) is 0 Å². The largest absolute Gasteiger partial charge is 0.376 e. The van der Waals surface area contributed by atoms with E-state index < -0.39 is 12.5 Å². The molecule has 0 spiro atoms. The van der Waals surface area contributed by atoms with Gasteiger partial charge in [0.2, 0.25) is 0 Å². The Balaban J connectivity index is 3.11. The first-order valence-corrected chi connectivity index (χ1v) is 2.52. The van der Waals surface area contributed by atoms with E-state index in [9.17, 15) is 8.78 Å². The van der Waals surface area contributed by atoms with E-state index in [-0.39, 0.29) is 0 Å². The molecule has 0 radical (unpaired) electrons. The molecule has 0 fully saturated rings. The lowest BCUT2D eigenvalue weighted by Gasteiger charge is -2.07. The molecule has 8 heavy (non-hydrogen) atoms. The van der Waals surface area contributed by atoms with E-state index in [0.29, 0.717) is 6.61 Å². The summed E-state index contributed by atoms with van der Waals surface area (Å²) in [6.07, 6.45) is 0. The molecule has 0 heterocycles. The van der Waals surface area contributed by atoms with Crippen LogP contribution in [-0.4, -0.2) is 19.1 Å². The second-order valence-corrected chi connectivity index (χ2v) is 1.71. The number of ether oxygens (including phenoxy) is 1. The third-order valence-corrected chi connectivity index (χ3v) is 0.560. The van der Waals surface area contributed by atoms with Crippen molar-refractivity contribution >= 4 is 0 Å². The second-order valence-electron chi connectivity index (χ2n) is 1.71. The molecule has 1 nitrogen and oxygen atoms in total. The average Bonchev–Trinajstić information content (AvgIpc) is 1.59. The number of alkyl halides is 2. The lowest BCUT2D eigenvalue weighted by Crippen LogP contribution is -2.18. The quantitative estimate of drug-likeness (QED) is 0.556. The fourth-order valence-electron chi connectivity index (χ4n) is 0.281. The Labute approximate surface area is 47.6 Å². The van der Waals surface area contributed by atoms with Gasteiger partial charge in [0.05, 0.1) is 0 Å². The number of halogens is 2. The Hall–Kier alpha value is -0.180. The summed E-state index contributed by atoms with van der Waals surface area (Å²) in [6, 6.07) is 0. The van der Waals surface area contributed by atoms with Crippen molar-refractivity contribution in [1.82, 2.24) is 0 Å². The van der Waals surface area contributed by atoms with Crippen LogP contribution in [0.3, 0.4) is 0 Å². The van der Waals surface area contributed by atoms with E-state index in [1.54, 1.807) is 6.92 Å². The maximum atomic E-state index is 11.8. The van der Waals surface area contributed by atoms with Gasteiger partial charge in [0.15, 0.2) is 0 Å². The van der Waals surface area contributed by atoms with Gasteiger partial charge in [-0.2, -0.15) is 0 Å². The molecule has 0 aromatic heterocycles. The average molecular weight is 124 g/mol. The minimum Gasteiger partial charge on any atom is -0.376 e. The van der Waals surface area contributed by atoms with Gasteiger partial charge in [-0.05, 0) is 6.92 Å². The second kappa shape index (κ2) is 2.97. The van der Waals surface area contributed by atoms with Crippen molar-refractivity contribution < 1.29 is 13.5 Å². The van der Waals surface area contributed by atoms with Crippen molar-refractivity contribution in [3.63, 3.8) is 0 Å². The van der Waals surface area contributed by atoms with Crippen LogP contribution in [0.2, 0.25) is 0 Å². The highest BCUT2D eigenvalue weighted by Gasteiger charge is 2.20. The van der Waals surface area contributed by atoms with E-state index in [4.69, 9.17) is 0 Å². The van der Waals surface area contributed by atoms with Crippen molar-refractivity contribution in [1.29, 1.82) is 0 Å². The molecule has 0 saturated carbocycles. The van der Waals surface area contributed by atoms with Crippen LogP contribution in [0.1, 0.15) is 13.8 Å². The summed E-state index contributed by atoms with van der Waals surface area (Å²) in [5, 5.41) is 0. The summed E-state index contributed by atoms with van der Waals surface area (Å²) in [7, 11) is 0. The van der Waals surface area contributed by atoms with Gasteiger partial charge in [0, 0.05) is 13.5 Å². The van der Waals surface area contributed by atoms with Crippen molar-refractivity contribution in [3.05, 3.63) is 0 Å². The molecule has 0 aliphatic heterocycles. The summed E-state index contributed by atoms with van der Waals surface area (Å²) in [4.78, 5) is 0. The van der Waals surface area contributed by atoms with Crippen LogP contribution in [0.15, 0.2) is 0 Å². The van der Waals surface area contributed by atoms with Gasteiger partial charge in [-0.15, -0.1) is 0 Å². The SMILES string of the molecule is CCOCC(C)(F)F. The van der Waals surface area contributed by atoms with E-state index in [1.165, 1.54) is 0 Å². The molecule has 0 atom stereocenters. The van der Waals surface area contributed by atoms with Crippen LogP contribution in [0.25, 0.3) is 0 Å². The minimum absolute atomic E-state index is 0.351. The van der Waals surface area contributed by atoms with Crippen LogP contribution in [0.4, 0.5) is 8.78 Å². The van der Waals surface area contributed by atoms with E-state index in [1.807, 2.05) is 0 Å². The molecule has 0 rings (SSSR count). The molecule has 0 aliphatic carbocycles. The molecule has 0 saturated heterocycles. The van der Waals surface area contributed by atoms with Crippen LogP contribution in [0, 0.1) is 0 Å². The molecule has 0 aromatic rings. The topological polar surface area (TPSA) is 9.23 Å². The van der Waals surface area contributed by atoms with Gasteiger partial charge in [-0.3, -0.25) is 0 Å². The van der Waals surface area contributed by atoms with Gasteiger partial charge < -0.3 is 4.74 Å². The van der Waals surface area contributed by atoms with Gasteiger partial charge in [-0.25, -0.2) is 8.78 Å². The van der Waals surface area contributed by atoms with E-state index >= 15 is 0 Å². The Kier molecular flexibility index (Phi) is 2.90. The standard InChI is InChI=1S/C5H10F2O/c1-3-8-4-5(2,6)7/h3-4H2,1-2H3. The van der Waals surface area contributed by atoms with E-state index in [2.05, 4.69) is 4.74 Å². The molecular weight excluding hydrogens is 114 g/mol. The van der Waals surface area contributed by atoms with Crippen LogP contribution in [0.5, 0.6) is 0 Å². The van der Waals surface area contributed by atoms with Crippen molar-refractivity contribution in [2.75, 3.05) is 13.2 Å². The molecule has 3 heteroatoms. The highest BCUT2D eigenvalue weighted by molar-refractivity contribution is 4.53. The van der Waals surface area contributed by atoms with Gasteiger partial charge in [0.25, 0.3) is 5.92 Å². The highest BCUT2D eigenvalue weighted by atomic mass is 19.3. The summed E-state index contributed by atoms with van der Waals surface area (Å²) in [6.45, 7) is 2.40. The first kappa shape index (κ1) is 7.82. The summed E-state index contributed by atoms with van der Waals surface area (Å²) in [5.41, 5.74) is 0. The normalized spacial score (nSPS) is 12.0. The Morgan fingerprint density at radius 2 is 2.00 bits per heavy atom. The zero-order chi connectivity index (χ0) is 6.62. The molecule has 0 aromatic carbocycles. The molecule has 0 unspecified atom stereocenters. The Morgan fingerprint density at radius 1 is 1.50 bits per heavy atom. The number of hydrogen-bond donors (Lipinski definition) is 0. The molecule has 50 valence electrons. The van der Waals surface area contributed by atoms with Gasteiger partial charge >= 0.3 is 0 Å². The molecule has 0 N–H and O–H groups in total. The fraction of sp³-hybridized carbons (Fsp3) is 1.00. The maximum absolute atomic E-state index is 11.8. The lowest BCUT2D eigenvalue weighted by molar-refractivity contribution is -0.0594.